The Morgan fingerprint density at radius 2 is 1.74 bits per heavy atom. The van der Waals surface area contributed by atoms with E-state index in [0.29, 0.717) is 19.6 Å². The number of nitrogens with one attached hydrogen (secondary N) is 1. The summed E-state index contributed by atoms with van der Waals surface area (Å²) in [5, 5.41) is 2.92. The van der Waals surface area contributed by atoms with Crippen molar-refractivity contribution >= 4 is 17.3 Å². The Labute approximate surface area is 138 Å². The van der Waals surface area contributed by atoms with Crippen LogP contribution in [0.1, 0.15) is 20.3 Å². The summed E-state index contributed by atoms with van der Waals surface area (Å²) in [7, 11) is 0. The van der Waals surface area contributed by atoms with Gasteiger partial charge in [0.15, 0.2) is 0 Å². The zero-order valence-corrected chi connectivity index (χ0v) is 13.8. The van der Waals surface area contributed by atoms with E-state index in [2.05, 4.69) is 29.3 Å². The molecule has 0 aromatic heterocycles. The molecule has 2 rings (SSSR count). The average molecular weight is 312 g/mol. The number of hydrogen-bond donors (Lipinski definition) is 1. The van der Waals surface area contributed by atoms with E-state index in [-0.39, 0.29) is 5.91 Å². The summed E-state index contributed by atoms with van der Waals surface area (Å²) in [6.45, 7) is 6.25. The van der Waals surface area contributed by atoms with Gasteiger partial charge in [-0.25, -0.2) is 0 Å². The maximum Gasteiger partial charge on any atom is 0.226 e. The normalized spacial score (nSPS) is 10.2. The number of carbonyl (C=O) groups excluding carboxylic acids is 1. The van der Waals surface area contributed by atoms with E-state index in [9.17, 15) is 4.79 Å². The van der Waals surface area contributed by atoms with E-state index in [4.69, 9.17) is 4.74 Å². The number of benzene rings is 2. The molecule has 0 unspecified atom stereocenters. The lowest BCUT2D eigenvalue weighted by molar-refractivity contribution is -0.116. The Morgan fingerprint density at radius 3 is 2.35 bits per heavy atom. The molecule has 122 valence electrons. The summed E-state index contributed by atoms with van der Waals surface area (Å²) in [5.74, 6) is 0.829. The lowest BCUT2D eigenvalue weighted by Crippen LogP contribution is -2.27. The summed E-state index contributed by atoms with van der Waals surface area (Å²) in [5.41, 5.74) is 1.94. The maximum absolute atomic E-state index is 12.1. The monoisotopic (exact) mass is 312 g/mol. The fourth-order valence-corrected chi connectivity index (χ4v) is 2.37. The van der Waals surface area contributed by atoms with Gasteiger partial charge < -0.3 is 15.0 Å². The molecule has 0 radical (unpaired) electrons. The number of carbonyl (C=O) groups is 1. The van der Waals surface area contributed by atoms with Crippen LogP contribution in [0.4, 0.5) is 11.4 Å². The van der Waals surface area contributed by atoms with Gasteiger partial charge in [-0.3, -0.25) is 4.79 Å². The van der Waals surface area contributed by atoms with Crippen molar-refractivity contribution in [1.29, 1.82) is 0 Å². The second-order valence-corrected chi connectivity index (χ2v) is 5.17. The lowest BCUT2D eigenvalue weighted by atomic mass is 10.2. The largest absolute Gasteiger partial charge is 0.494 e. The van der Waals surface area contributed by atoms with Crippen LogP contribution in [0.15, 0.2) is 54.6 Å². The van der Waals surface area contributed by atoms with Crippen LogP contribution in [-0.4, -0.2) is 25.6 Å². The summed E-state index contributed by atoms with van der Waals surface area (Å²) in [4.78, 5) is 14.3. The number of anilines is 2. The molecule has 1 amide bonds. The number of para-hydroxylation sites is 1. The van der Waals surface area contributed by atoms with Gasteiger partial charge in [0, 0.05) is 30.9 Å². The molecule has 2 aromatic carbocycles. The molecule has 0 bridgehead atoms. The molecule has 1 N–H and O–H groups in total. The second kappa shape index (κ2) is 8.83. The topological polar surface area (TPSA) is 41.6 Å². The van der Waals surface area contributed by atoms with E-state index >= 15 is 0 Å². The van der Waals surface area contributed by atoms with Gasteiger partial charge in [0.2, 0.25) is 5.91 Å². The average Bonchev–Trinajstić information content (AvgIpc) is 2.58. The standard InChI is InChI=1S/C19H24N2O2/c1-3-21(17-8-6-5-7-9-17)15-14-19(22)20-16-10-12-18(13-11-16)23-4-2/h5-13H,3-4,14-15H2,1-2H3,(H,20,22). The molecular formula is C19H24N2O2. The number of nitrogens with zero attached hydrogens (tertiary/aromatic N) is 1. The molecule has 23 heavy (non-hydrogen) atoms. The summed E-state index contributed by atoms with van der Waals surface area (Å²) < 4.78 is 5.39. The van der Waals surface area contributed by atoms with Crippen molar-refractivity contribution in [2.75, 3.05) is 29.9 Å². The van der Waals surface area contributed by atoms with Crippen LogP contribution in [0.2, 0.25) is 0 Å². The molecule has 0 spiro atoms. The Hall–Kier alpha value is -2.49. The molecule has 0 fully saturated rings. The lowest BCUT2D eigenvalue weighted by Gasteiger charge is -2.22. The van der Waals surface area contributed by atoms with Crippen molar-refractivity contribution < 1.29 is 9.53 Å². The van der Waals surface area contributed by atoms with E-state index < -0.39 is 0 Å². The first-order valence-electron chi connectivity index (χ1n) is 8.05. The SMILES string of the molecule is CCOc1ccc(NC(=O)CCN(CC)c2ccccc2)cc1. The highest BCUT2D eigenvalue weighted by atomic mass is 16.5. The Bertz CT molecular complexity index is 597. The van der Waals surface area contributed by atoms with Crippen LogP contribution < -0.4 is 15.0 Å². The molecule has 0 atom stereocenters. The molecular weight excluding hydrogens is 288 g/mol. The first-order chi connectivity index (χ1) is 11.2. The fourth-order valence-electron chi connectivity index (χ4n) is 2.37. The van der Waals surface area contributed by atoms with Crippen molar-refractivity contribution in [3.8, 4) is 5.75 Å². The molecule has 0 aliphatic carbocycles. The van der Waals surface area contributed by atoms with Crippen LogP contribution >= 0.6 is 0 Å². The van der Waals surface area contributed by atoms with Gasteiger partial charge >= 0.3 is 0 Å². The number of hydrogen-bond acceptors (Lipinski definition) is 3. The van der Waals surface area contributed by atoms with Crippen LogP contribution in [0.25, 0.3) is 0 Å². The summed E-state index contributed by atoms with van der Waals surface area (Å²) in [6.07, 6.45) is 0.454. The van der Waals surface area contributed by atoms with Gasteiger partial charge in [0.05, 0.1) is 6.61 Å². The van der Waals surface area contributed by atoms with Crippen molar-refractivity contribution in [1.82, 2.24) is 0 Å². The van der Waals surface area contributed by atoms with Gasteiger partial charge in [-0.05, 0) is 50.2 Å². The molecule has 2 aromatic rings. The highest BCUT2D eigenvalue weighted by molar-refractivity contribution is 5.91. The first kappa shape index (κ1) is 16.9. The van der Waals surface area contributed by atoms with E-state index in [1.807, 2.05) is 49.4 Å². The predicted molar refractivity (Wildman–Crippen MR) is 95.2 cm³/mol. The van der Waals surface area contributed by atoms with Crippen molar-refractivity contribution in [2.45, 2.75) is 20.3 Å². The zero-order chi connectivity index (χ0) is 16.5. The number of ether oxygens (including phenoxy) is 1. The third kappa shape index (κ3) is 5.33. The van der Waals surface area contributed by atoms with Gasteiger partial charge in [-0.2, -0.15) is 0 Å². The summed E-state index contributed by atoms with van der Waals surface area (Å²) >= 11 is 0. The van der Waals surface area contributed by atoms with Crippen LogP contribution in [0, 0.1) is 0 Å². The van der Waals surface area contributed by atoms with Gasteiger partial charge in [-0.1, -0.05) is 18.2 Å². The third-order valence-corrected chi connectivity index (χ3v) is 3.56. The van der Waals surface area contributed by atoms with Gasteiger partial charge in [0.25, 0.3) is 0 Å². The van der Waals surface area contributed by atoms with E-state index in [1.165, 1.54) is 0 Å². The molecule has 4 nitrogen and oxygen atoms in total. The quantitative estimate of drug-likeness (QED) is 0.802. The fraction of sp³-hybridized carbons (Fsp3) is 0.316. The van der Waals surface area contributed by atoms with Crippen LogP contribution in [-0.2, 0) is 4.79 Å². The molecule has 0 aliphatic rings. The maximum atomic E-state index is 12.1. The van der Waals surface area contributed by atoms with Crippen LogP contribution in [0.3, 0.4) is 0 Å². The smallest absolute Gasteiger partial charge is 0.226 e. The van der Waals surface area contributed by atoms with Crippen molar-refractivity contribution in [3.63, 3.8) is 0 Å². The third-order valence-electron chi connectivity index (χ3n) is 3.56. The minimum Gasteiger partial charge on any atom is -0.494 e. The minimum absolute atomic E-state index is 0.0172. The highest BCUT2D eigenvalue weighted by Gasteiger charge is 2.08. The van der Waals surface area contributed by atoms with Crippen LogP contribution in [0.5, 0.6) is 5.75 Å². The second-order valence-electron chi connectivity index (χ2n) is 5.17. The highest BCUT2D eigenvalue weighted by Crippen LogP contribution is 2.16. The molecule has 4 heteroatoms. The summed E-state index contributed by atoms with van der Waals surface area (Å²) in [6, 6.07) is 17.6. The molecule has 0 aliphatic heterocycles. The number of amides is 1. The predicted octanol–water partition coefficient (Wildman–Crippen LogP) is 3.94. The Balaban J connectivity index is 1.84. The molecule has 0 saturated carbocycles. The van der Waals surface area contributed by atoms with Gasteiger partial charge in [-0.15, -0.1) is 0 Å². The van der Waals surface area contributed by atoms with Crippen molar-refractivity contribution in [2.24, 2.45) is 0 Å². The zero-order valence-electron chi connectivity index (χ0n) is 13.8. The Kier molecular flexibility index (Phi) is 6.48. The first-order valence-corrected chi connectivity index (χ1v) is 8.05. The van der Waals surface area contributed by atoms with E-state index in [1.54, 1.807) is 0 Å². The van der Waals surface area contributed by atoms with Gasteiger partial charge in [0.1, 0.15) is 5.75 Å². The molecule has 0 saturated heterocycles. The van der Waals surface area contributed by atoms with E-state index in [0.717, 1.165) is 23.7 Å². The minimum atomic E-state index is 0.0172. The van der Waals surface area contributed by atoms with Crippen molar-refractivity contribution in [3.05, 3.63) is 54.6 Å². The number of rotatable bonds is 8. The molecule has 0 heterocycles. The Morgan fingerprint density at radius 1 is 1.04 bits per heavy atom.